The zero-order valence-corrected chi connectivity index (χ0v) is 19.6. The van der Waals surface area contributed by atoms with Gasteiger partial charge in [0.25, 0.3) is 0 Å². The zero-order chi connectivity index (χ0) is 19.5. The Hall–Kier alpha value is -1.61. The molecule has 1 aromatic carbocycles. The first kappa shape index (κ1) is 24.4. The first-order valence-electron chi connectivity index (χ1n) is 9.77. The molecule has 28 heavy (non-hydrogen) atoms. The Kier molecular flexibility index (Phi) is 11.8. The maximum absolute atomic E-state index is 11.8. The fourth-order valence-corrected chi connectivity index (χ4v) is 2.83. The lowest BCUT2D eigenvalue weighted by Gasteiger charge is -2.36. The molecular formula is C21H34IN5O. The number of benzene rings is 1. The van der Waals surface area contributed by atoms with Gasteiger partial charge in [0.15, 0.2) is 5.96 Å². The summed E-state index contributed by atoms with van der Waals surface area (Å²) in [6, 6.07) is 10.4. The van der Waals surface area contributed by atoms with Gasteiger partial charge in [-0.3, -0.25) is 9.69 Å². The van der Waals surface area contributed by atoms with Crippen LogP contribution in [0.2, 0.25) is 0 Å². The highest BCUT2D eigenvalue weighted by molar-refractivity contribution is 14.0. The number of likely N-dealkylation sites (N-methyl/N-ethyl adjacent to an activating group) is 1. The Morgan fingerprint density at radius 3 is 2.46 bits per heavy atom. The molecule has 0 bridgehead atoms. The van der Waals surface area contributed by atoms with Crippen LogP contribution in [0.25, 0.3) is 6.08 Å². The largest absolute Gasteiger partial charge is 0.356 e. The summed E-state index contributed by atoms with van der Waals surface area (Å²) in [7, 11) is 3.53. The normalized spacial score (nSPS) is 15.4. The van der Waals surface area contributed by atoms with Crippen molar-refractivity contribution in [1.29, 1.82) is 0 Å². The number of carbonyl (C=O) groups is 1. The van der Waals surface area contributed by atoms with Crippen LogP contribution in [-0.2, 0) is 4.79 Å². The number of nitrogens with zero attached hydrogens (tertiary/aromatic N) is 4. The molecule has 156 valence electrons. The van der Waals surface area contributed by atoms with Gasteiger partial charge in [0.1, 0.15) is 6.54 Å². The summed E-state index contributed by atoms with van der Waals surface area (Å²) in [6.45, 7) is 7.98. The number of hydrogen-bond acceptors (Lipinski definition) is 3. The second-order valence-corrected chi connectivity index (χ2v) is 6.96. The van der Waals surface area contributed by atoms with E-state index in [1.165, 1.54) is 5.56 Å². The van der Waals surface area contributed by atoms with Crippen LogP contribution >= 0.6 is 24.0 Å². The molecule has 6 nitrogen and oxygen atoms in total. The van der Waals surface area contributed by atoms with Gasteiger partial charge in [-0.05, 0) is 12.0 Å². The first-order chi connectivity index (χ1) is 13.1. The van der Waals surface area contributed by atoms with E-state index < -0.39 is 0 Å². The van der Waals surface area contributed by atoms with Crippen molar-refractivity contribution >= 4 is 41.9 Å². The van der Waals surface area contributed by atoms with Crippen molar-refractivity contribution < 1.29 is 4.79 Å². The molecule has 0 spiro atoms. The summed E-state index contributed by atoms with van der Waals surface area (Å²) < 4.78 is 0. The quantitative estimate of drug-likeness (QED) is 0.356. The lowest BCUT2D eigenvalue weighted by molar-refractivity contribution is -0.127. The van der Waals surface area contributed by atoms with Crippen molar-refractivity contribution in [3.63, 3.8) is 0 Å². The Balaban J connectivity index is 0.00000392. The van der Waals surface area contributed by atoms with Gasteiger partial charge in [-0.1, -0.05) is 49.4 Å². The predicted molar refractivity (Wildman–Crippen MR) is 128 cm³/mol. The second-order valence-electron chi connectivity index (χ2n) is 6.96. The van der Waals surface area contributed by atoms with Gasteiger partial charge in [-0.15, -0.1) is 24.0 Å². The highest BCUT2D eigenvalue weighted by Gasteiger charge is 2.19. The molecule has 0 radical (unpaired) electrons. The molecule has 1 amide bonds. The second kappa shape index (κ2) is 13.5. The molecule has 1 saturated heterocycles. The third-order valence-corrected chi connectivity index (χ3v) is 4.54. The first-order valence-corrected chi connectivity index (χ1v) is 9.77. The van der Waals surface area contributed by atoms with E-state index >= 15 is 0 Å². The van der Waals surface area contributed by atoms with Crippen LogP contribution in [0.3, 0.4) is 0 Å². The number of carbonyl (C=O) groups excluding carboxylic acids is 1. The van der Waals surface area contributed by atoms with Crippen LogP contribution in [0.15, 0.2) is 41.4 Å². The summed E-state index contributed by atoms with van der Waals surface area (Å²) in [4.78, 5) is 22.7. The fourth-order valence-electron chi connectivity index (χ4n) is 2.83. The molecule has 1 aromatic rings. The van der Waals surface area contributed by atoms with E-state index in [1.54, 1.807) is 19.0 Å². The molecule has 1 aliphatic heterocycles. The van der Waals surface area contributed by atoms with Crippen molar-refractivity contribution in [3.8, 4) is 0 Å². The van der Waals surface area contributed by atoms with Crippen LogP contribution in [0.4, 0.5) is 0 Å². The number of hydrogen-bond donors (Lipinski definition) is 1. The summed E-state index contributed by atoms with van der Waals surface area (Å²) in [5.41, 5.74) is 1.24. The minimum atomic E-state index is 0. The smallest absolute Gasteiger partial charge is 0.243 e. The highest BCUT2D eigenvalue weighted by Crippen LogP contribution is 2.05. The Morgan fingerprint density at radius 1 is 1.18 bits per heavy atom. The Bertz CT molecular complexity index is 625. The summed E-state index contributed by atoms with van der Waals surface area (Å²) in [5.74, 6) is 0.877. The van der Waals surface area contributed by atoms with Crippen molar-refractivity contribution in [2.45, 2.75) is 13.3 Å². The van der Waals surface area contributed by atoms with Crippen molar-refractivity contribution in [3.05, 3.63) is 42.0 Å². The molecular weight excluding hydrogens is 465 g/mol. The number of aliphatic imine (C=N–C) groups is 1. The minimum Gasteiger partial charge on any atom is -0.356 e. The molecule has 0 aromatic heterocycles. The molecule has 0 atom stereocenters. The Morgan fingerprint density at radius 2 is 1.86 bits per heavy atom. The zero-order valence-electron chi connectivity index (χ0n) is 17.3. The van der Waals surface area contributed by atoms with Gasteiger partial charge < -0.3 is 15.1 Å². The molecule has 1 fully saturated rings. The molecule has 1 N–H and O–H groups in total. The van der Waals surface area contributed by atoms with E-state index in [1.807, 2.05) is 6.07 Å². The summed E-state index contributed by atoms with van der Waals surface area (Å²) in [6.07, 6.45) is 5.44. The van der Waals surface area contributed by atoms with E-state index in [0.29, 0.717) is 0 Å². The van der Waals surface area contributed by atoms with Gasteiger partial charge in [0, 0.05) is 53.4 Å². The number of amides is 1. The van der Waals surface area contributed by atoms with E-state index in [9.17, 15) is 4.79 Å². The van der Waals surface area contributed by atoms with Crippen molar-refractivity contribution in [2.24, 2.45) is 4.99 Å². The number of guanidine groups is 1. The molecule has 1 heterocycles. The average molecular weight is 499 g/mol. The van der Waals surface area contributed by atoms with Crippen LogP contribution in [0.1, 0.15) is 18.9 Å². The van der Waals surface area contributed by atoms with E-state index in [0.717, 1.165) is 51.6 Å². The monoisotopic (exact) mass is 499 g/mol. The van der Waals surface area contributed by atoms with E-state index in [2.05, 4.69) is 63.5 Å². The maximum Gasteiger partial charge on any atom is 0.243 e. The minimum absolute atomic E-state index is 0. The Labute approximate surface area is 186 Å². The van der Waals surface area contributed by atoms with Crippen LogP contribution in [0, 0.1) is 0 Å². The van der Waals surface area contributed by atoms with Gasteiger partial charge in [-0.2, -0.15) is 0 Å². The van der Waals surface area contributed by atoms with Crippen LogP contribution in [0.5, 0.6) is 0 Å². The topological polar surface area (TPSA) is 51.2 Å². The third kappa shape index (κ3) is 8.60. The molecule has 2 rings (SSSR count). The summed E-state index contributed by atoms with van der Waals surface area (Å²) in [5, 5.41) is 3.39. The van der Waals surface area contributed by atoms with Crippen LogP contribution in [-0.4, -0.2) is 86.5 Å². The number of halogens is 1. The third-order valence-electron chi connectivity index (χ3n) is 4.54. The van der Waals surface area contributed by atoms with E-state index in [4.69, 9.17) is 0 Å². The number of piperazine rings is 1. The molecule has 0 unspecified atom stereocenters. The fraction of sp³-hybridized carbons (Fsp3) is 0.524. The van der Waals surface area contributed by atoms with Crippen molar-refractivity contribution in [1.82, 2.24) is 20.0 Å². The highest BCUT2D eigenvalue weighted by atomic mass is 127. The van der Waals surface area contributed by atoms with Crippen LogP contribution < -0.4 is 5.32 Å². The molecule has 0 saturated carbocycles. The SMILES string of the molecule is CCCNC(=NCC(=O)N(C)C)N1CCN(C/C=C/c2ccccc2)CC1.I. The maximum atomic E-state index is 11.8. The average Bonchev–Trinajstić information content (AvgIpc) is 2.69. The molecule has 1 aliphatic rings. The number of rotatable bonds is 7. The lowest BCUT2D eigenvalue weighted by atomic mass is 10.2. The van der Waals surface area contributed by atoms with E-state index in [-0.39, 0.29) is 36.4 Å². The molecule has 7 heteroatoms. The molecule has 0 aliphatic carbocycles. The predicted octanol–water partition coefficient (Wildman–Crippen LogP) is 2.38. The summed E-state index contributed by atoms with van der Waals surface area (Å²) >= 11 is 0. The van der Waals surface area contributed by atoms with Gasteiger partial charge >= 0.3 is 0 Å². The number of nitrogens with one attached hydrogen (secondary N) is 1. The van der Waals surface area contributed by atoms with Gasteiger partial charge in [-0.25, -0.2) is 4.99 Å². The lowest BCUT2D eigenvalue weighted by Crippen LogP contribution is -2.52. The standard InChI is InChI=1S/C21H33N5O.HI/c1-4-12-22-21(23-18-20(27)24(2)3)26-16-14-25(15-17-26)13-8-11-19-9-6-5-7-10-19;/h5-11H,4,12-18H2,1-3H3,(H,22,23);1H/b11-8+;. The van der Waals surface area contributed by atoms with Gasteiger partial charge in [0.05, 0.1) is 0 Å². The van der Waals surface area contributed by atoms with Gasteiger partial charge in [0.2, 0.25) is 5.91 Å². The van der Waals surface area contributed by atoms with Crippen molar-refractivity contribution in [2.75, 3.05) is 59.9 Å².